The van der Waals surface area contributed by atoms with Gasteiger partial charge in [0.1, 0.15) is 6.54 Å². The minimum atomic E-state index is -1.12. The van der Waals surface area contributed by atoms with Crippen LogP contribution in [0.3, 0.4) is 0 Å². The number of nitrogens with one attached hydrogen (secondary N) is 2. The Bertz CT molecular complexity index is 267. The van der Waals surface area contributed by atoms with Crippen LogP contribution in [-0.4, -0.2) is 54.6 Å². The molecule has 0 unspecified atom stereocenters. The van der Waals surface area contributed by atoms with Crippen LogP contribution >= 0.6 is 0 Å². The summed E-state index contributed by atoms with van der Waals surface area (Å²) in [5.74, 6) is -1.65. The molecule has 0 aromatic rings. The lowest BCUT2D eigenvalue weighted by molar-refractivity contribution is -0.137. The van der Waals surface area contributed by atoms with E-state index in [0.717, 1.165) is 6.42 Å². The molecule has 0 saturated heterocycles. The SMILES string of the molecule is CCCN(C)C(=O)NCC(=O)NCC(=O)O. The van der Waals surface area contributed by atoms with Crippen molar-refractivity contribution in [3.8, 4) is 0 Å². The van der Waals surface area contributed by atoms with E-state index in [4.69, 9.17) is 5.11 Å². The fraction of sp³-hybridized carbons (Fsp3) is 0.667. The lowest BCUT2D eigenvalue weighted by atomic mass is 10.4. The van der Waals surface area contributed by atoms with Crippen molar-refractivity contribution in [2.75, 3.05) is 26.7 Å². The van der Waals surface area contributed by atoms with Crippen molar-refractivity contribution < 1.29 is 19.5 Å². The summed E-state index contributed by atoms with van der Waals surface area (Å²) in [5, 5.41) is 12.8. The molecule has 0 saturated carbocycles. The van der Waals surface area contributed by atoms with Gasteiger partial charge in [0.15, 0.2) is 0 Å². The van der Waals surface area contributed by atoms with Gasteiger partial charge in [-0.1, -0.05) is 6.92 Å². The summed E-state index contributed by atoms with van der Waals surface area (Å²) in [6, 6.07) is -0.354. The molecule has 92 valence electrons. The summed E-state index contributed by atoms with van der Waals surface area (Å²) in [4.78, 5) is 33.9. The van der Waals surface area contributed by atoms with Gasteiger partial charge in [-0.15, -0.1) is 0 Å². The molecule has 0 heterocycles. The average Bonchev–Trinajstić information content (AvgIpc) is 2.23. The molecule has 0 bridgehead atoms. The van der Waals surface area contributed by atoms with Crippen LogP contribution in [0.1, 0.15) is 13.3 Å². The Kier molecular flexibility index (Phi) is 6.66. The molecular formula is C9H17N3O4. The van der Waals surface area contributed by atoms with Crippen molar-refractivity contribution in [2.24, 2.45) is 0 Å². The van der Waals surface area contributed by atoms with Gasteiger partial charge in [0, 0.05) is 13.6 Å². The highest BCUT2D eigenvalue weighted by atomic mass is 16.4. The van der Waals surface area contributed by atoms with Gasteiger partial charge in [-0.05, 0) is 6.42 Å². The van der Waals surface area contributed by atoms with Crippen LogP contribution in [-0.2, 0) is 9.59 Å². The van der Waals surface area contributed by atoms with Crippen LogP contribution < -0.4 is 10.6 Å². The summed E-state index contributed by atoms with van der Waals surface area (Å²) in [7, 11) is 1.62. The van der Waals surface area contributed by atoms with Crippen LogP contribution in [0.25, 0.3) is 0 Å². The zero-order valence-corrected chi connectivity index (χ0v) is 9.45. The van der Waals surface area contributed by atoms with Crippen LogP contribution in [0.2, 0.25) is 0 Å². The highest BCUT2D eigenvalue weighted by Crippen LogP contribution is 1.86. The molecule has 0 fully saturated rings. The van der Waals surface area contributed by atoms with E-state index >= 15 is 0 Å². The molecule has 3 N–H and O–H groups in total. The lowest BCUT2D eigenvalue weighted by Crippen LogP contribution is -2.43. The highest BCUT2D eigenvalue weighted by Gasteiger charge is 2.09. The first-order chi connectivity index (χ1) is 7.47. The third kappa shape index (κ3) is 6.63. The Morgan fingerprint density at radius 1 is 1.19 bits per heavy atom. The summed E-state index contributed by atoms with van der Waals surface area (Å²) < 4.78 is 0. The summed E-state index contributed by atoms with van der Waals surface area (Å²) in [6.45, 7) is 1.87. The standard InChI is InChI=1S/C9H17N3O4/c1-3-4-12(2)9(16)11-5-7(13)10-6-8(14)15/h3-6H2,1-2H3,(H,10,13)(H,11,16)(H,14,15). The fourth-order valence-corrected chi connectivity index (χ4v) is 0.965. The number of hydrogen-bond acceptors (Lipinski definition) is 3. The van der Waals surface area contributed by atoms with Crippen molar-refractivity contribution in [1.29, 1.82) is 0 Å². The van der Waals surface area contributed by atoms with E-state index in [-0.39, 0.29) is 12.6 Å². The second-order valence-corrected chi connectivity index (χ2v) is 3.25. The molecule has 0 rings (SSSR count). The Balaban J connectivity index is 3.74. The van der Waals surface area contributed by atoms with Crippen molar-refractivity contribution in [1.82, 2.24) is 15.5 Å². The minimum absolute atomic E-state index is 0.222. The fourth-order valence-electron chi connectivity index (χ4n) is 0.965. The number of carbonyl (C=O) groups is 3. The van der Waals surface area contributed by atoms with Gasteiger partial charge in [-0.25, -0.2) is 4.79 Å². The number of amides is 3. The number of rotatable bonds is 6. The Morgan fingerprint density at radius 3 is 2.31 bits per heavy atom. The molecule has 0 aliphatic heterocycles. The van der Waals surface area contributed by atoms with E-state index < -0.39 is 18.4 Å². The third-order valence-corrected chi connectivity index (χ3v) is 1.74. The van der Waals surface area contributed by atoms with E-state index in [1.165, 1.54) is 4.90 Å². The maximum absolute atomic E-state index is 11.3. The van der Waals surface area contributed by atoms with Crippen molar-refractivity contribution in [3.05, 3.63) is 0 Å². The number of carboxylic acids is 1. The molecule has 16 heavy (non-hydrogen) atoms. The number of carbonyl (C=O) groups excluding carboxylic acids is 2. The van der Waals surface area contributed by atoms with Gasteiger partial charge in [0.25, 0.3) is 0 Å². The molecule has 0 radical (unpaired) electrons. The molecule has 7 nitrogen and oxygen atoms in total. The first-order valence-electron chi connectivity index (χ1n) is 4.94. The van der Waals surface area contributed by atoms with E-state index in [1.54, 1.807) is 7.05 Å². The van der Waals surface area contributed by atoms with Gasteiger partial charge in [-0.3, -0.25) is 9.59 Å². The number of aliphatic carboxylic acids is 1. The minimum Gasteiger partial charge on any atom is -0.480 e. The molecule has 0 aliphatic carbocycles. The predicted octanol–water partition coefficient (Wildman–Crippen LogP) is -0.761. The first-order valence-corrected chi connectivity index (χ1v) is 4.94. The van der Waals surface area contributed by atoms with E-state index in [0.29, 0.717) is 6.54 Å². The molecular weight excluding hydrogens is 214 g/mol. The number of carboxylic acid groups (broad SMARTS) is 1. The number of urea groups is 1. The predicted molar refractivity (Wildman–Crippen MR) is 57.0 cm³/mol. The highest BCUT2D eigenvalue weighted by molar-refractivity contribution is 5.86. The Morgan fingerprint density at radius 2 is 1.81 bits per heavy atom. The maximum atomic E-state index is 11.3. The molecule has 0 atom stereocenters. The smallest absolute Gasteiger partial charge is 0.322 e. The zero-order chi connectivity index (χ0) is 12.6. The van der Waals surface area contributed by atoms with Gasteiger partial charge >= 0.3 is 12.0 Å². The third-order valence-electron chi connectivity index (χ3n) is 1.74. The summed E-state index contributed by atoms with van der Waals surface area (Å²) in [5.41, 5.74) is 0. The average molecular weight is 231 g/mol. The molecule has 0 aromatic heterocycles. The second-order valence-electron chi connectivity index (χ2n) is 3.25. The normalized spacial score (nSPS) is 9.38. The van der Waals surface area contributed by atoms with Crippen molar-refractivity contribution >= 4 is 17.9 Å². The van der Waals surface area contributed by atoms with Crippen LogP contribution in [0.15, 0.2) is 0 Å². The summed E-state index contributed by atoms with van der Waals surface area (Å²) >= 11 is 0. The second kappa shape index (κ2) is 7.49. The largest absolute Gasteiger partial charge is 0.480 e. The molecule has 0 spiro atoms. The van der Waals surface area contributed by atoms with Crippen molar-refractivity contribution in [2.45, 2.75) is 13.3 Å². The molecule has 7 heteroatoms. The molecule has 3 amide bonds. The topological polar surface area (TPSA) is 98.7 Å². The maximum Gasteiger partial charge on any atom is 0.322 e. The van der Waals surface area contributed by atoms with Gasteiger partial charge in [-0.2, -0.15) is 0 Å². The number of nitrogens with zero attached hydrogens (tertiary/aromatic N) is 1. The van der Waals surface area contributed by atoms with E-state index in [1.807, 2.05) is 6.92 Å². The van der Waals surface area contributed by atoms with Crippen LogP contribution in [0.4, 0.5) is 4.79 Å². The first kappa shape index (κ1) is 14.2. The Labute approximate surface area is 93.8 Å². The Hall–Kier alpha value is -1.79. The monoisotopic (exact) mass is 231 g/mol. The van der Waals surface area contributed by atoms with Crippen molar-refractivity contribution in [3.63, 3.8) is 0 Å². The van der Waals surface area contributed by atoms with Gasteiger partial charge < -0.3 is 20.6 Å². The molecule has 0 aromatic carbocycles. The van der Waals surface area contributed by atoms with Gasteiger partial charge in [0.05, 0.1) is 6.54 Å². The van der Waals surface area contributed by atoms with E-state index in [9.17, 15) is 14.4 Å². The quantitative estimate of drug-likeness (QED) is 0.559. The summed E-state index contributed by atoms with van der Waals surface area (Å²) in [6.07, 6.45) is 0.829. The number of hydrogen-bond donors (Lipinski definition) is 3. The van der Waals surface area contributed by atoms with Crippen LogP contribution in [0, 0.1) is 0 Å². The zero-order valence-electron chi connectivity index (χ0n) is 9.45. The van der Waals surface area contributed by atoms with E-state index in [2.05, 4.69) is 10.6 Å². The van der Waals surface area contributed by atoms with Crippen LogP contribution in [0.5, 0.6) is 0 Å². The lowest BCUT2D eigenvalue weighted by Gasteiger charge is -2.16. The molecule has 0 aliphatic rings. The van der Waals surface area contributed by atoms with Gasteiger partial charge in [0.2, 0.25) is 5.91 Å².